The molecule has 0 radical (unpaired) electrons. The molecule has 4 rings (SSSR count). The van der Waals surface area contributed by atoms with Gasteiger partial charge in [-0.25, -0.2) is 4.68 Å². The lowest BCUT2D eigenvalue weighted by atomic mass is 9.99. The number of hydrogen-bond acceptors (Lipinski definition) is 5. The van der Waals surface area contributed by atoms with Crippen molar-refractivity contribution in [1.82, 2.24) is 9.78 Å². The van der Waals surface area contributed by atoms with Crippen molar-refractivity contribution in [3.05, 3.63) is 77.1 Å². The second-order valence-electron chi connectivity index (χ2n) is 7.78. The number of nitrogens with zero attached hydrogens (tertiary/aromatic N) is 2. The summed E-state index contributed by atoms with van der Waals surface area (Å²) in [5, 5.41) is 5.19. The fraction of sp³-hybridized carbons (Fsp3) is 0.360. The van der Waals surface area contributed by atoms with E-state index in [0.29, 0.717) is 25.4 Å². The summed E-state index contributed by atoms with van der Waals surface area (Å²) in [5.41, 5.74) is 2.85. The lowest BCUT2D eigenvalue weighted by Gasteiger charge is -2.20. The highest BCUT2D eigenvalue weighted by atomic mass is 35.5. The zero-order valence-electron chi connectivity index (χ0n) is 18.1. The van der Waals surface area contributed by atoms with Crippen LogP contribution in [0, 0.1) is 5.92 Å². The number of para-hydroxylation sites is 2. The monoisotopic (exact) mass is 454 g/mol. The number of unbranched alkanes of at least 4 members (excludes halogenated alkanes) is 1. The third-order valence-corrected chi connectivity index (χ3v) is 5.94. The van der Waals surface area contributed by atoms with Crippen LogP contribution in [-0.2, 0) is 20.7 Å². The number of aromatic nitrogens is 2. The number of benzene rings is 2. The molecular weight excluding hydrogens is 428 g/mol. The molecular formula is C25H27ClN2O4. The maximum Gasteiger partial charge on any atom is 0.312 e. The minimum atomic E-state index is -0.399. The largest absolute Gasteiger partial charge is 0.494 e. The number of methoxy groups -OCH3 is 1. The molecule has 1 aromatic heterocycles. The van der Waals surface area contributed by atoms with E-state index >= 15 is 0 Å². The molecule has 6 nitrogen and oxygen atoms in total. The van der Waals surface area contributed by atoms with Crippen LogP contribution in [0.15, 0.2) is 60.8 Å². The standard InChI is InChI=1S/C25H27ClN2O4/c1-30-23-8-3-2-7-21(23)28-22(13-15-27-28)24-20(14-17-31-24)25(29)32-16-5-4-6-18-9-11-19(26)12-10-18/h2-3,7-13,15,20,24H,4-6,14,16-17H2,1H3/t20-,24-/m1/s1. The van der Waals surface area contributed by atoms with Crippen molar-refractivity contribution in [2.75, 3.05) is 20.3 Å². The molecule has 1 fully saturated rings. The van der Waals surface area contributed by atoms with Crippen LogP contribution in [-0.4, -0.2) is 36.1 Å². The van der Waals surface area contributed by atoms with E-state index in [2.05, 4.69) is 5.10 Å². The molecule has 1 aliphatic heterocycles. The summed E-state index contributed by atoms with van der Waals surface area (Å²) < 4.78 is 18.8. The highest BCUT2D eigenvalue weighted by Gasteiger charge is 2.38. The summed E-state index contributed by atoms with van der Waals surface area (Å²) >= 11 is 5.92. The van der Waals surface area contributed by atoms with Gasteiger partial charge in [-0.2, -0.15) is 5.10 Å². The molecule has 0 amide bonds. The third-order valence-electron chi connectivity index (χ3n) is 5.69. The molecule has 2 atom stereocenters. The molecule has 3 aromatic rings. The van der Waals surface area contributed by atoms with Gasteiger partial charge in [0.05, 0.1) is 25.3 Å². The van der Waals surface area contributed by atoms with E-state index in [1.54, 1.807) is 18.0 Å². The van der Waals surface area contributed by atoms with Gasteiger partial charge in [-0.3, -0.25) is 4.79 Å². The molecule has 0 bridgehead atoms. The average molecular weight is 455 g/mol. The fourth-order valence-electron chi connectivity index (χ4n) is 4.02. The van der Waals surface area contributed by atoms with E-state index in [1.807, 2.05) is 54.6 Å². The third kappa shape index (κ3) is 5.14. The van der Waals surface area contributed by atoms with Gasteiger partial charge in [-0.1, -0.05) is 35.9 Å². The van der Waals surface area contributed by atoms with Gasteiger partial charge in [0.15, 0.2) is 0 Å². The summed E-state index contributed by atoms with van der Waals surface area (Å²) in [5.74, 6) is 0.137. The van der Waals surface area contributed by atoms with Crippen LogP contribution < -0.4 is 4.74 Å². The fourth-order valence-corrected chi connectivity index (χ4v) is 4.15. The van der Waals surface area contributed by atoms with Crippen LogP contribution in [0.2, 0.25) is 5.02 Å². The quantitative estimate of drug-likeness (QED) is 0.329. The van der Waals surface area contributed by atoms with Crippen LogP contribution in [0.5, 0.6) is 5.75 Å². The number of aryl methyl sites for hydroxylation is 1. The topological polar surface area (TPSA) is 62.6 Å². The Labute approximate surface area is 193 Å². The lowest BCUT2D eigenvalue weighted by molar-refractivity contribution is -0.150. The predicted octanol–water partition coefficient (Wildman–Crippen LogP) is 5.18. The number of rotatable bonds is 9. The molecule has 32 heavy (non-hydrogen) atoms. The van der Waals surface area contributed by atoms with Gasteiger partial charge in [0.2, 0.25) is 0 Å². The number of carbonyl (C=O) groups excluding carboxylic acids is 1. The van der Waals surface area contributed by atoms with E-state index in [4.69, 9.17) is 25.8 Å². The smallest absolute Gasteiger partial charge is 0.312 e. The molecule has 0 aliphatic carbocycles. The molecule has 0 spiro atoms. The highest BCUT2D eigenvalue weighted by Crippen LogP contribution is 2.37. The molecule has 1 aliphatic rings. The van der Waals surface area contributed by atoms with E-state index in [1.165, 1.54) is 5.56 Å². The molecule has 7 heteroatoms. The number of carbonyl (C=O) groups is 1. The van der Waals surface area contributed by atoms with Gasteiger partial charge in [-0.05, 0) is 61.6 Å². The average Bonchev–Trinajstić information content (AvgIpc) is 3.49. The molecule has 0 N–H and O–H groups in total. The summed E-state index contributed by atoms with van der Waals surface area (Å²) in [4.78, 5) is 12.8. The highest BCUT2D eigenvalue weighted by molar-refractivity contribution is 6.30. The Kier molecular flexibility index (Phi) is 7.45. The van der Waals surface area contributed by atoms with Crippen molar-refractivity contribution in [3.63, 3.8) is 0 Å². The predicted molar refractivity (Wildman–Crippen MR) is 122 cm³/mol. The molecule has 1 saturated heterocycles. The maximum atomic E-state index is 12.8. The molecule has 168 valence electrons. The van der Waals surface area contributed by atoms with Crippen LogP contribution in [0.3, 0.4) is 0 Å². The van der Waals surface area contributed by atoms with Crippen molar-refractivity contribution in [2.45, 2.75) is 31.8 Å². The first-order valence-corrected chi connectivity index (χ1v) is 11.2. The molecule has 2 heterocycles. The summed E-state index contributed by atoms with van der Waals surface area (Å²) in [7, 11) is 1.63. The lowest BCUT2D eigenvalue weighted by Crippen LogP contribution is -2.23. The molecule has 2 aromatic carbocycles. The Hall–Kier alpha value is -2.83. The van der Waals surface area contributed by atoms with Crippen LogP contribution in [0.1, 0.15) is 36.6 Å². The number of esters is 1. The zero-order valence-corrected chi connectivity index (χ0v) is 18.8. The summed E-state index contributed by atoms with van der Waals surface area (Å²) in [6.45, 7) is 0.916. The minimum Gasteiger partial charge on any atom is -0.494 e. The minimum absolute atomic E-state index is 0.216. The second kappa shape index (κ2) is 10.7. The Morgan fingerprint density at radius 3 is 2.78 bits per heavy atom. The van der Waals surface area contributed by atoms with E-state index in [0.717, 1.165) is 35.7 Å². The first-order valence-electron chi connectivity index (χ1n) is 10.9. The van der Waals surface area contributed by atoms with Crippen molar-refractivity contribution in [3.8, 4) is 11.4 Å². The van der Waals surface area contributed by atoms with Gasteiger partial charge in [0, 0.05) is 17.8 Å². The van der Waals surface area contributed by atoms with Crippen LogP contribution in [0.4, 0.5) is 0 Å². The van der Waals surface area contributed by atoms with Crippen LogP contribution >= 0.6 is 11.6 Å². The van der Waals surface area contributed by atoms with Gasteiger partial charge >= 0.3 is 5.97 Å². The van der Waals surface area contributed by atoms with Crippen molar-refractivity contribution in [2.24, 2.45) is 5.92 Å². The van der Waals surface area contributed by atoms with E-state index in [9.17, 15) is 4.79 Å². The Morgan fingerprint density at radius 1 is 1.16 bits per heavy atom. The van der Waals surface area contributed by atoms with E-state index in [-0.39, 0.29) is 11.9 Å². The Morgan fingerprint density at radius 2 is 1.97 bits per heavy atom. The second-order valence-corrected chi connectivity index (χ2v) is 8.21. The SMILES string of the molecule is COc1ccccc1-n1nccc1[C@@H]1OCC[C@H]1C(=O)OCCCCc1ccc(Cl)cc1. The summed E-state index contributed by atoms with van der Waals surface area (Å²) in [6, 6.07) is 17.4. The normalized spacial score (nSPS) is 17.9. The van der Waals surface area contributed by atoms with Gasteiger partial charge < -0.3 is 14.2 Å². The van der Waals surface area contributed by atoms with E-state index < -0.39 is 6.10 Å². The Balaban J connectivity index is 1.34. The number of hydrogen-bond donors (Lipinski definition) is 0. The maximum absolute atomic E-state index is 12.8. The summed E-state index contributed by atoms with van der Waals surface area (Å²) in [6.07, 6.45) is 4.63. The number of halogens is 1. The van der Waals surface area contributed by atoms with Crippen molar-refractivity contribution < 1.29 is 19.0 Å². The van der Waals surface area contributed by atoms with Crippen molar-refractivity contribution >= 4 is 17.6 Å². The van der Waals surface area contributed by atoms with Crippen molar-refractivity contribution in [1.29, 1.82) is 0 Å². The zero-order chi connectivity index (χ0) is 22.3. The van der Waals surface area contributed by atoms with Gasteiger partial charge in [0.1, 0.15) is 17.5 Å². The molecule has 0 saturated carbocycles. The first kappa shape index (κ1) is 22.4. The number of ether oxygens (including phenoxy) is 3. The van der Waals surface area contributed by atoms with Crippen LogP contribution in [0.25, 0.3) is 5.69 Å². The molecule has 0 unspecified atom stereocenters. The first-order chi connectivity index (χ1) is 15.7. The Bertz CT molecular complexity index is 1030. The van der Waals surface area contributed by atoms with Gasteiger partial charge in [0.25, 0.3) is 0 Å². The van der Waals surface area contributed by atoms with Gasteiger partial charge in [-0.15, -0.1) is 0 Å².